The number of carbonyl (C=O) groups is 1. The van der Waals surface area contributed by atoms with Crippen molar-refractivity contribution in [2.24, 2.45) is 0 Å². The lowest BCUT2D eigenvalue weighted by atomic mass is 10.2. The normalized spacial score (nSPS) is 20.2. The van der Waals surface area contributed by atoms with Crippen LogP contribution in [0, 0.1) is 0 Å². The molecule has 1 unspecified atom stereocenters. The zero-order valence-corrected chi connectivity index (χ0v) is 12.3. The predicted molar refractivity (Wildman–Crippen MR) is 70.9 cm³/mol. The molecular formula is C12H18N2O5S. The van der Waals surface area contributed by atoms with Gasteiger partial charge in [0.05, 0.1) is 7.11 Å². The SMILES string of the molecule is CNCC1CCCN1S(=O)(=O)c1ccc(C(=O)OC)o1. The topological polar surface area (TPSA) is 88.9 Å². The van der Waals surface area contributed by atoms with E-state index in [0.29, 0.717) is 13.1 Å². The molecule has 0 amide bonds. The van der Waals surface area contributed by atoms with E-state index in [1.807, 2.05) is 0 Å². The van der Waals surface area contributed by atoms with Crippen LogP contribution in [-0.4, -0.2) is 52.0 Å². The van der Waals surface area contributed by atoms with Crippen LogP contribution < -0.4 is 5.32 Å². The Hall–Kier alpha value is -1.38. The van der Waals surface area contributed by atoms with Crippen molar-refractivity contribution in [3.8, 4) is 0 Å². The third-order valence-electron chi connectivity index (χ3n) is 3.29. The number of rotatable bonds is 5. The maximum Gasteiger partial charge on any atom is 0.374 e. The second-order valence-electron chi connectivity index (χ2n) is 4.58. The number of nitrogens with zero attached hydrogens (tertiary/aromatic N) is 1. The van der Waals surface area contributed by atoms with Gasteiger partial charge in [0.1, 0.15) is 0 Å². The average molecular weight is 302 g/mol. The van der Waals surface area contributed by atoms with E-state index in [1.54, 1.807) is 7.05 Å². The van der Waals surface area contributed by atoms with Gasteiger partial charge < -0.3 is 14.5 Å². The predicted octanol–water partition coefficient (Wildman–Crippen LogP) is 0.439. The lowest BCUT2D eigenvalue weighted by Gasteiger charge is -2.22. The van der Waals surface area contributed by atoms with Crippen LogP contribution in [-0.2, 0) is 14.8 Å². The van der Waals surface area contributed by atoms with Crippen molar-refractivity contribution in [1.82, 2.24) is 9.62 Å². The average Bonchev–Trinajstić information content (AvgIpc) is 3.07. The fourth-order valence-electron chi connectivity index (χ4n) is 2.35. The van der Waals surface area contributed by atoms with Gasteiger partial charge in [-0.05, 0) is 32.0 Å². The highest BCUT2D eigenvalue weighted by Crippen LogP contribution is 2.27. The van der Waals surface area contributed by atoms with Crippen LogP contribution in [0.4, 0.5) is 0 Å². The first-order valence-electron chi connectivity index (χ1n) is 6.35. The Bertz CT molecular complexity index is 580. The zero-order chi connectivity index (χ0) is 14.8. The quantitative estimate of drug-likeness (QED) is 0.794. The first-order chi connectivity index (χ1) is 9.50. The number of hydrogen-bond acceptors (Lipinski definition) is 6. The fourth-order valence-corrected chi connectivity index (χ4v) is 3.96. The molecule has 0 aromatic carbocycles. The molecule has 1 aromatic rings. The molecule has 1 aromatic heterocycles. The number of carbonyl (C=O) groups excluding carboxylic acids is 1. The summed E-state index contributed by atoms with van der Waals surface area (Å²) in [5, 5.41) is 2.76. The lowest BCUT2D eigenvalue weighted by Crippen LogP contribution is -2.40. The summed E-state index contributed by atoms with van der Waals surface area (Å²) in [7, 11) is -0.718. The minimum atomic E-state index is -3.71. The summed E-state index contributed by atoms with van der Waals surface area (Å²) in [4.78, 5) is 11.3. The lowest BCUT2D eigenvalue weighted by molar-refractivity contribution is 0.0558. The van der Waals surface area contributed by atoms with E-state index in [1.165, 1.54) is 23.5 Å². The van der Waals surface area contributed by atoms with E-state index < -0.39 is 16.0 Å². The first kappa shape index (κ1) is 15.0. The maximum absolute atomic E-state index is 12.5. The minimum absolute atomic E-state index is 0.0864. The molecule has 1 N–H and O–H groups in total. The van der Waals surface area contributed by atoms with Crippen LogP contribution in [0.2, 0.25) is 0 Å². The number of ether oxygens (including phenoxy) is 1. The van der Waals surface area contributed by atoms with E-state index >= 15 is 0 Å². The van der Waals surface area contributed by atoms with Gasteiger partial charge in [-0.25, -0.2) is 13.2 Å². The number of hydrogen-bond donors (Lipinski definition) is 1. The summed E-state index contributed by atoms with van der Waals surface area (Å²) in [6.07, 6.45) is 1.63. The number of furan rings is 1. The Balaban J connectivity index is 2.26. The fraction of sp³-hybridized carbons (Fsp3) is 0.583. The molecule has 0 aliphatic carbocycles. The van der Waals surface area contributed by atoms with E-state index in [4.69, 9.17) is 4.42 Å². The van der Waals surface area contributed by atoms with Crippen LogP contribution >= 0.6 is 0 Å². The summed E-state index contributed by atoms with van der Waals surface area (Å²) in [6.45, 7) is 1.05. The van der Waals surface area contributed by atoms with E-state index in [9.17, 15) is 13.2 Å². The molecule has 0 saturated carbocycles. The van der Waals surface area contributed by atoms with Gasteiger partial charge in [-0.2, -0.15) is 4.31 Å². The molecule has 0 radical (unpaired) electrons. The Morgan fingerprint density at radius 3 is 2.95 bits per heavy atom. The molecule has 8 heteroatoms. The molecule has 0 spiro atoms. The zero-order valence-electron chi connectivity index (χ0n) is 11.5. The third-order valence-corrected chi connectivity index (χ3v) is 5.12. The molecule has 1 fully saturated rings. The number of nitrogens with one attached hydrogen (secondary N) is 1. The van der Waals surface area contributed by atoms with Crippen molar-refractivity contribution in [1.29, 1.82) is 0 Å². The molecule has 1 saturated heterocycles. The molecule has 112 valence electrons. The van der Waals surface area contributed by atoms with E-state index in [0.717, 1.165) is 12.8 Å². The highest BCUT2D eigenvalue weighted by atomic mass is 32.2. The standard InChI is InChI=1S/C12H18N2O5S/c1-13-8-9-4-3-7-14(9)20(16,17)11-6-5-10(19-11)12(15)18-2/h5-6,9,13H,3-4,7-8H2,1-2H3. The van der Waals surface area contributed by atoms with Crippen molar-refractivity contribution < 1.29 is 22.4 Å². The van der Waals surface area contributed by atoms with Crippen molar-refractivity contribution >= 4 is 16.0 Å². The van der Waals surface area contributed by atoms with E-state index in [2.05, 4.69) is 10.1 Å². The van der Waals surface area contributed by atoms with Gasteiger partial charge in [-0.3, -0.25) is 0 Å². The maximum atomic E-state index is 12.5. The summed E-state index contributed by atoms with van der Waals surface area (Å²) >= 11 is 0. The highest BCUT2D eigenvalue weighted by Gasteiger charge is 2.37. The van der Waals surface area contributed by atoms with Crippen molar-refractivity contribution in [2.45, 2.75) is 24.0 Å². The number of esters is 1. The summed E-state index contributed by atoms with van der Waals surface area (Å²) in [5.41, 5.74) is 0. The molecule has 1 aliphatic heterocycles. The van der Waals surface area contributed by atoms with Gasteiger partial charge in [0.2, 0.25) is 10.9 Å². The van der Waals surface area contributed by atoms with Crippen LogP contribution in [0.3, 0.4) is 0 Å². The molecule has 2 rings (SSSR count). The summed E-state index contributed by atoms with van der Waals surface area (Å²) in [5.74, 6) is -0.810. The summed E-state index contributed by atoms with van der Waals surface area (Å²) in [6, 6.07) is 2.51. The van der Waals surface area contributed by atoms with Crippen molar-refractivity contribution in [3.63, 3.8) is 0 Å². The molecule has 20 heavy (non-hydrogen) atoms. The Labute approximate surface area is 117 Å². The van der Waals surface area contributed by atoms with Gasteiger partial charge in [0.25, 0.3) is 10.0 Å². The van der Waals surface area contributed by atoms with Crippen LogP contribution in [0.15, 0.2) is 21.6 Å². The number of sulfonamides is 1. The molecule has 0 bridgehead atoms. The summed E-state index contributed by atoms with van der Waals surface area (Å²) < 4.78 is 36.0. The molecule has 1 aliphatic rings. The second-order valence-corrected chi connectivity index (χ2v) is 6.40. The molecular weight excluding hydrogens is 284 g/mol. The third kappa shape index (κ3) is 2.72. The number of likely N-dealkylation sites (N-methyl/N-ethyl adjacent to an activating group) is 1. The van der Waals surface area contributed by atoms with Crippen molar-refractivity contribution in [2.75, 3.05) is 27.2 Å². The number of methoxy groups -OCH3 is 1. The van der Waals surface area contributed by atoms with Gasteiger partial charge in [0.15, 0.2) is 0 Å². The van der Waals surface area contributed by atoms with E-state index in [-0.39, 0.29) is 16.9 Å². The largest absolute Gasteiger partial charge is 0.463 e. The monoisotopic (exact) mass is 302 g/mol. The van der Waals surface area contributed by atoms with Gasteiger partial charge in [-0.15, -0.1) is 0 Å². The van der Waals surface area contributed by atoms with Crippen LogP contribution in [0.25, 0.3) is 0 Å². The van der Waals surface area contributed by atoms with Gasteiger partial charge >= 0.3 is 5.97 Å². The minimum Gasteiger partial charge on any atom is -0.463 e. The Kier molecular flexibility index (Phi) is 4.46. The van der Waals surface area contributed by atoms with Gasteiger partial charge in [0, 0.05) is 19.1 Å². The van der Waals surface area contributed by atoms with Crippen LogP contribution in [0.5, 0.6) is 0 Å². The Morgan fingerprint density at radius 1 is 1.55 bits per heavy atom. The highest BCUT2D eigenvalue weighted by molar-refractivity contribution is 7.89. The Morgan fingerprint density at radius 2 is 2.30 bits per heavy atom. The van der Waals surface area contributed by atoms with Crippen molar-refractivity contribution in [3.05, 3.63) is 17.9 Å². The molecule has 2 heterocycles. The molecule has 7 nitrogen and oxygen atoms in total. The van der Waals surface area contributed by atoms with Gasteiger partial charge in [-0.1, -0.05) is 0 Å². The molecule has 1 atom stereocenters. The second kappa shape index (κ2) is 5.94. The van der Waals surface area contributed by atoms with Crippen LogP contribution in [0.1, 0.15) is 23.4 Å². The smallest absolute Gasteiger partial charge is 0.374 e. The first-order valence-corrected chi connectivity index (χ1v) is 7.79.